The number of nitrogens with one attached hydrogen (secondary N) is 1. The first-order valence-electron chi connectivity index (χ1n) is 9.16. The number of aliphatic imine (C=N–C) groups is 1. The van der Waals surface area contributed by atoms with Crippen LogP contribution in [0.15, 0.2) is 35.6 Å². The van der Waals surface area contributed by atoms with Crippen molar-refractivity contribution in [1.29, 1.82) is 0 Å². The quantitative estimate of drug-likeness (QED) is 0.374. The summed E-state index contributed by atoms with van der Waals surface area (Å²) in [7, 11) is 3.25. The van der Waals surface area contributed by atoms with Gasteiger partial charge < -0.3 is 19.9 Å². The van der Waals surface area contributed by atoms with Gasteiger partial charge in [-0.25, -0.2) is 9.38 Å². The highest BCUT2D eigenvalue weighted by Gasteiger charge is 2.27. The van der Waals surface area contributed by atoms with Crippen molar-refractivity contribution in [3.8, 4) is 5.75 Å². The largest absolute Gasteiger partial charge is 0.494 e. The Morgan fingerprint density at radius 1 is 1.38 bits per heavy atom. The molecule has 0 radical (unpaired) electrons. The van der Waals surface area contributed by atoms with Gasteiger partial charge in [0.1, 0.15) is 6.54 Å². The number of nitrogens with zero attached hydrogens (tertiary/aromatic N) is 5. The van der Waals surface area contributed by atoms with E-state index in [0.29, 0.717) is 32.1 Å². The molecule has 0 atom stereocenters. The summed E-state index contributed by atoms with van der Waals surface area (Å²) in [4.78, 5) is 20.8. The molecular weight excluding hydrogens is 490 g/mol. The van der Waals surface area contributed by atoms with E-state index in [0.717, 1.165) is 11.3 Å². The number of methoxy groups -OCH3 is 1. The number of ether oxygens (including phenoxy) is 1. The van der Waals surface area contributed by atoms with E-state index < -0.39 is 5.82 Å². The summed E-state index contributed by atoms with van der Waals surface area (Å²) in [5.74, 6) is 0.412. The number of piperazine rings is 1. The normalized spacial score (nSPS) is 14.6. The van der Waals surface area contributed by atoms with Crippen molar-refractivity contribution in [2.75, 3.05) is 38.2 Å². The fraction of sp³-hybridized carbons (Fsp3) is 0.421. The lowest BCUT2D eigenvalue weighted by Gasteiger charge is -2.35. The zero-order valence-corrected chi connectivity index (χ0v) is 19.1. The Bertz CT molecular complexity index is 872. The molecule has 2 heterocycles. The van der Waals surface area contributed by atoms with E-state index in [1.54, 1.807) is 27.9 Å². The van der Waals surface area contributed by atoms with Gasteiger partial charge >= 0.3 is 0 Å². The molecule has 29 heavy (non-hydrogen) atoms. The molecule has 1 aromatic carbocycles. The molecule has 8 nitrogen and oxygen atoms in total. The molecule has 0 aliphatic carbocycles. The molecule has 1 amide bonds. The molecule has 2 aromatic rings. The molecule has 1 fully saturated rings. The van der Waals surface area contributed by atoms with Crippen molar-refractivity contribution >= 4 is 41.5 Å². The number of benzene rings is 1. The van der Waals surface area contributed by atoms with Crippen molar-refractivity contribution in [3.63, 3.8) is 0 Å². The zero-order chi connectivity index (χ0) is 20.1. The van der Waals surface area contributed by atoms with E-state index in [-0.39, 0.29) is 42.2 Å². The zero-order valence-electron chi connectivity index (χ0n) is 16.8. The summed E-state index contributed by atoms with van der Waals surface area (Å²) >= 11 is 0. The number of amides is 1. The van der Waals surface area contributed by atoms with Gasteiger partial charge in [0.05, 0.1) is 25.5 Å². The van der Waals surface area contributed by atoms with Gasteiger partial charge in [-0.05, 0) is 24.6 Å². The fourth-order valence-electron chi connectivity index (χ4n) is 3.07. The number of guanidine groups is 1. The minimum absolute atomic E-state index is 0. The predicted octanol–water partition coefficient (Wildman–Crippen LogP) is 2.00. The number of hydrogen-bond donors (Lipinski definition) is 1. The molecular formula is C19H26FIN6O2. The van der Waals surface area contributed by atoms with Crippen LogP contribution in [0.3, 0.4) is 0 Å². The third-order valence-electron chi connectivity index (χ3n) is 4.49. The van der Waals surface area contributed by atoms with Crippen LogP contribution < -0.4 is 15.0 Å². The first kappa shape index (κ1) is 22.9. The number of carbonyl (C=O) groups is 1. The Hall–Kier alpha value is -2.37. The number of aromatic nitrogens is 2. The van der Waals surface area contributed by atoms with Crippen LogP contribution in [0.1, 0.15) is 12.5 Å². The smallest absolute Gasteiger partial charge is 0.246 e. The number of hydrogen-bond acceptors (Lipinski definition) is 4. The van der Waals surface area contributed by atoms with Gasteiger partial charge in [-0.2, -0.15) is 5.10 Å². The van der Waals surface area contributed by atoms with Gasteiger partial charge in [0, 0.05) is 32.9 Å². The predicted molar refractivity (Wildman–Crippen MR) is 120 cm³/mol. The van der Waals surface area contributed by atoms with Crippen LogP contribution in [-0.2, 0) is 18.4 Å². The molecule has 1 aliphatic rings. The second kappa shape index (κ2) is 10.4. The highest BCUT2D eigenvalue weighted by atomic mass is 127. The second-order valence-electron chi connectivity index (χ2n) is 6.48. The Balaban J connectivity index is 0.00000300. The summed E-state index contributed by atoms with van der Waals surface area (Å²) in [6.07, 6.45) is 3.51. The van der Waals surface area contributed by atoms with Crippen LogP contribution in [0.4, 0.5) is 10.1 Å². The van der Waals surface area contributed by atoms with Crippen LogP contribution in [-0.4, -0.2) is 59.8 Å². The van der Waals surface area contributed by atoms with Gasteiger partial charge in [-0.15, -0.1) is 24.0 Å². The Morgan fingerprint density at radius 2 is 2.17 bits per heavy atom. The standard InChI is InChI=1S/C19H25FN6O2.HI/c1-4-21-19(22-10-14-5-6-17(28-3)16(20)9-14)25-7-8-26(18(27)13-25)15-11-23-24(2)12-15;/h5-6,9,11-12H,4,7-8,10,13H2,1-3H3,(H,21,22);1H. The molecule has 0 saturated carbocycles. The molecule has 3 rings (SSSR count). The van der Waals surface area contributed by atoms with Crippen LogP contribution in [0.25, 0.3) is 0 Å². The lowest BCUT2D eigenvalue weighted by molar-refractivity contribution is -0.120. The van der Waals surface area contributed by atoms with Crippen LogP contribution in [0, 0.1) is 5.82 Å². The first-order valence-corrected chi connectivity index (χ1v) is 9.16. The van der Waals surface area contributed by atoms with E-state index in [1.807, 2.05) is 25.1 Å². The molecule has 1 aliphatic heterocycles. The molecule has 0 spiro atoms. The molecule has 1 aromatic heterocycles. The van der Waals surface area contributed by atoms with E-state index in [2.05, 4.69) is 15.4 Å². The molecule has 1 N–H and O–H groups in total. The Kier molecular flexibility index (Phi) is 8.23. The fourth-order valence-corrected chi connectivity index (χ4v) is 3.07. The molecule has 1 saturated heterocycles. The summed E-state index contributed by atoms with van der Waals surface area (Å²) in [5, 5.41) is 7.34. The van der Waals surface area contributed by atoms with Gasteiger partial charge in [-0.3, -0.25) is 9.48 Å². The van der Waals surface area contributed by atoms with Gasteiger partial charge in [0.2, 0.25) is 5.91 Å². The minimum Gasteiger partial charge on any atom is -0.494 e. The summed E-state index contributed by atoms with van der Waals surface area (Å²) in [6.45, 7) is 4.36. The van der Waals surface area contributed by atoms with Crippen LogP contribution in [0.5, 0.6) is 5.75 Å². The average Bonchev–Trinajstić information content (AvgIpc) is 3.11. The maximum atomic E-state index is 13.9. The molecule has 0 bridgehead atoms. The van der Waals surface area contributed by atoms with Crippen molar-refractivity contribution in [1.82, 2.24) is 20.0 Å². The molecule has 158 valence electrons. The number of carbonyl (C=O) groups excluding carboxylic acids is 1. The minimum atomic E-state index is -0.416. The van der Waals surface area contributed by atoms with E-state index in [1.165, 1.54) is 13.2 Å². The lowest BCUT2D eigenvalue weighted by atomic mass is 10.2. The van der Waals surface area contributed by atoms with Crippen LogP contribution in [0.2, 0.25) is 0 Å². The van der Waals surface area contributed by atoms with Gasteiger partial charge in [0.15, 0.2) is 17.5 Å². The maximum Gasteiger partial charge on any atom is 0.246 e. The molecule has 10 heteroatoms. The third-order valence-corrected chi connectivity index (χ3v) is 4.49. The first-order chi connectivity index (χ1) is 13.5. The number of rotatable bonds is 5. The highest BCUT2D eigenvalue weighted by molar-refractivity contribution is 14.0. The SMILES string of the molecule is CCNC(=NCc1ccc(OC)c(F)c1)N1CCN(c2cnn(C)c2)C(=O)C1.I. The number of anilines is 1. The lowest BCUT2D eigenvalue weighted by Crippen LogP contribution is -2.55. The Morgan fingerprint density at radius 3 is 2.76 bits per heavy atom. The van der Waals surface area contributed by atoms with Gasteiger partial charge in [-0.1, -0.05) is 6.07 Å². The topological polar surface area (TPSA) is 75.0 Å². The maximum absolute atomic E-state index is 13.9. The third kappa shape index (κ3) is 5.58. The number of halogens is 2. The highest BCUT2D eigenvalue weighted by Crippen LogP contribution is 2.19. The summed E-state index contributed by atoms with van der Waals surface area (Å²) in [6, 6.07) is 4.78. The van der Waals surface area contributed by atoms with Crippen molar-refractivity contribution in [3.05, 3.63) is 42.0 Å². The van der Waals surface area contributed by atoms with Crippen molar-refractivity contribution in [2.45, 2.75) is 13.5 Å². The second-order valence-corrected chi connectivity index (χ2v) is 6.48. The van der Waals surface area contributed by atoms with Crippen molar-refractivity contribution < 1.29 is 13.9 Å². The summed E-state index contributed by atoms with van der Waals surface area (Å²) < 4.78 is 20.5. The average molecular weight is 516 g/mol. The molecule has 0 unspecified atom stereocenters. The van der Waals surface area contributed by atoms with Crippen LogP contribution >= 0.6 is 24.0 Å². The monoisotopic (exact) mass is 516 g/mol. The summed E-state index contributed by atoms with van der Waals surface area (Å²) in [5.41, 5.74) is 1.52. The van der Waals surface area contributed by atoms with E-state index >= 15 is 0 Å². The number of aryl methyl sites for hydroxylation is 1. The van der Waals surface area contributed by atoms with E-state index in [9.17, 15) is 9.18 Å². The van der Waals surface area contributed by atoms with Crippen molar-refractivity contribution in [2.24, 2.45) is 12.0 Å². The van der Waals surface area contributed by atoms with E-state index in [4.69, 9.17) is 4.74 Å². The van der Waals surface area contributed by atoms with Gasteiger partial charge in [0.25, 0.3) is 0 Å². The Labute approximate surface area is 186 Å².